The molecule has 3 aliphatic rings. The first kappa shape index (κ1) is 68.0. The molecule has 0 N–H and O–H groups in total. The Hall–Kier alpha value is -9.53. The third kappa shape index (κ3) is 11.9. The minimum atomic E-state index is -3.18. The summed E-state index contributed by atoms with van der Waals surface area (Å²) in [7, 11) is -11.9. The number of benzene rings is 14. The molecule has 14 aromatic rings. The second-order valence-electron chi connectivity index (χ2n) is 24.8. The fourth-order valence-corrected chi connectivity index (χ4v) is 37.0. The zero-order chi connectivity index (χ0) is 65.5. The summed E-state index contributed by atoms with van der Waals surface area (Å²) < 4.78 is 21.6. The lowest BCUT2D eigenvalue weighted by Gasteiger charge is -2.45. The molecular weight excluding hydrogens is 1400 g/mol. The van der Waals surface area contributed by atoms with Crippen LogP contribution in [0.5, 0.6) is 23.0 Å². The van der Waals surface area contributed by atoms with Crippen molar-refractivity contribution in [3.8, 4) is 23.0 Å². The first-order valence-electron chi connectivity index (χ1n) is 33.4. The highest BCUT2D eigenvalue weighted by Gasteiger charge is 2.55. The second-order valence-corrected chi connectivity index (χ2v) is 41.5. The van der Waals surface area contributed by atoms with Gasteiger partial charge in [0.1, 0.15) is 23.0 Å². The number of halogens is 2. The smallest absolute Gasteiger partial charge is 0.188 e. The van der Waals surface area contributed by atoms with Gasteiger partial charge < -0.3 is 14.2 Å². The predicted octanol–water partition coefficient (Wildman–Crippen LogP) is 12.7. The molecule has 3 nitrogen and oxygen atoms in total. The molecule has 0 atom stereocenters. The Morgan fingerprint density at radius 3 is 0.677 bits per heavy atom. The quantitative estimate of drug-likeness (QED) is 0.0901. The average molecular weight is 1480 g/mol. The molecule has 9 heteroatoms. The summed E-state index contributed by atoms with van der Waals surface area (Å²) >= 11 is 7.47. The van der Waals surface area contributed by atoms with Crippen molar-refractivity contribution in [1.29, 1.82) is 0 Å². The largest absolute Gasteiger partial charge is 0.458 e. The average Bonchev–Trinajstić information content (AvgIpc) is 0.763. The Morgan fingerprint density at radius 2 is 0.444 bits per heavy atom. The summed E-state index contributed by atoms with van der Waals surface area (Å²) in [5.41, 5.74) is 0. The molecule has 1 saturated heterocycles. The van der Waals surface area contributed by atoms with Crippen LogP contribution in [0.15, 0.2) is 385 Å². The van der Waals surface area contributed by atoms with E-state index in [2.05, 4.69) is 408 Å². The second kappa shape index (κ2) is 30.3. The SMILES string of the molecule is Brc1cccc2c1Oc1c(Br)cccc1[Si]2(c1ccccc1)c1ccccc1.C.C.C1CCOC1.c1ccc([Si](c2ccccc2)(c2ccccc2)c2cccc3c2Oc2c([Si](c4ccccc4)(c4ccccc4)c4ccccc4)cccc2[Si]3(c2ccccc2)c2ccccc2)cc1. The van der Waals surface area contributed by atoms with Crippen molar-refractivity contribution in [2.45, 2.75) is 27.7 Å². The van der Waals surface area contributed by atoms with E-state index in [-0.39, 0.29) is 14.9 Å². The third-order valence-electron chi connectivity index (χ3n) is 19.7. The lowest BCUT2D eigenvalue weighted by Crippen LogP contribution is -2.81. The fraction of sp³-hybridized carbons (Fsp3) is 0.0667. The Bertz CT molecular complexity index is 4450. The van der Waals surface area contributed by atoms with Gasteiger partial charge in [-0.1, -0.05) is 379 Å². The standard InChI is InChI=1S/C60H46OSi3.C24H16Br2OSi.C4H8O.2CH4/c1-9-27-47(28-10-1)62(48-29-11-2-12-30-48,49-31-13-3-14-32-49)55-43-25-45-57-59(55)61-60-56(44-26-46-58(60)64(57,53-39-21-7-22-40-53)54-41-23-8-24-42-54)63(50-33-15-4-16-34-50,51-35-17-5-18-36-51)52-37-19-6-20-38-52;25-19-13-7-15-21-23(19)27-24-20(26)14-8-16-22(24)28(21,17-9-3-1-4-10-17)18-11-5-2-6-12-18;1-2-4-5-3-1;;/h1-46H;1-16H;1-4H2;2*1H4. The van der Waals surface area contributed by atoms with Crippen LogP contribution in [0.3, 0.4) is 0 Å². The molecule has 0 bridgehead atoms. The number of hydrogen-bond acceptors (Lipinski definition) is 3. The van der Waals surface area contributed by atoms with Gasteiger partial charge in [0.15, 0.2) is 32.3 Å². The molecule has 0 unspecified atom stereocenters. The van der Waals surface area contributed by atoms with Crippen LogP contribution in [0.4, 0.5) is 0 Å². The van der Waals surface area contributed by atoms with Gasteiger partial charge in [0.25, 0.3) is 0 Å². The summed E-state index contributed by atoms with van der Waals surface area (Å²) in [6.45, 7) is 2.00. The van der Waals surface area contributed by atoms with Gasteiger partial charge in [-0.2, -0.15) is 0 Å². The zero-order valence-electron chi connectivity index (χ0n) is 53.6. The minimum Gasteiger partial charge on any atom is -0.458 e. The van der Waals surface area contributed by atoms with Crippen molar-refractivity contribution in [2.75, 3.05) is 13.2 Å². The first-order valence-corrected chi connectivity index (χ1v) is 42.9. The monoisotopic (exact) mass is 1480 g/mol. The fourth-order valence-electron chi connectivity index (χ4n) is 15.7. The molecule has 99 heavy (non-hydrogen) atoms. The van der Waals surface area contributed by atoms with Gasteiger partial charge in [-0.15, -0.1) is 0 Å². The molecule has 486 valence electrons. The molecule has 0 saturated carbocycles. The molecule has 0 radical (unpaired) electrons. The van der Waals surface area contributed by atoms with Crippen molar-refractivity contribution in [3.63, 3.8) is 0 Å². The van der Waals surface area contributed by atoms with E-state index in [0.29, 0.717) is 0 Å². The third-order valence-corrected chi connectivity index (χ3v) is 40.1. The van der Waals surface area contributed by atoms with Gasteiger partial charge in [-0.05, 0) is 140 Å². The van der Waals surface area contributed by atoms with Crippen LogP contribution in [0, 0.1) is 0 Å². The molecule has 14 aromatic carbocycles. The maximum absolute atomic E-state index is 8.18. The maximum Gasteiger partial charge on any atom is 0.188 e. The van der Waals surface area contributed by atoms with E-state index in [1.54, 1.807) is 0 Å². The van der Waals surface area contributed by atoms with Gasteiger partial charge in [0, 0.05) is 13.2 Å². The number of fused-ring (bicyclic) bond motifs is 4. The lowest BCUT2D eigenvalue weighted by atomic mass is 10.3. The normalized spacial score (nSPS) is 13.5. The molecule has 3 heterocycles. The van der Waals surface area contributed by atoms with Crippen molar-refractivity contribution in [1.82, 2.24) is 0 Å². The molecule has 0 spiro atoms. The maximum atomic E-state index is 8.18. The van der Waals surface area contributed by atoms with E-state index < -0.39 is 32.3 Å². The van der Waals surface area contributed by atoms with Gasteiger partial charge in [0.2, 0.25) is 0 Å². The molecule has 1 fully saturated rings. The van der Waals surface area contributed by atoms with Crippen LogP contribution in [0.2, 0.25) is 0 Å². The predicted molar refractivity (Wildman–Crippen MR) is 436 cm³/mol. The molecule has 17 rings (SSSR count). The van der Waals surface area contributed by atoms with Crippen LogP contribution in [-0.2, 0) is 4.74 Å². The Kier molecular flexibility index (Phi) is 20.8. The van der Waals surface area contributed by atoms with Crippen LogP contribution < -0.4 is 92.5 Å². The van der Waals surface area contributed by atoms with E-state index >= 15 is 0 Å². The zero-order valence-corrected chi connectivity index (χ0v) is 60.8. The topological polar surface area (TPSA) is 27.7 Å². The van der Waals surface area contributed by atoms with Crippen molar-refractivity contribution in [3.05, 3.63) is 385 Å². The van der Waals surface area contributed by atoms with E-state index in [0.717, 1.165) is 45.2 Å². The summed E-state index contributed by atoms with van der Waals surface area (Å²) in [6.07, 6.45) is 2.56. The summed E-state index contributed by atoms with van der Waals surface area (Å²) in [4.78, 5) is 0. The first-order chi connectivity index (χ1) is 48.0. The van der Waals surface area contributed by atoms with Gasteiger partial charge >= 0.3 is 0 Å². The highest BCUT2D eigenvalue weighted by atomic mass is 79.9. The van der Waals surface area contributed by atoms with Crippen LogP contribution in [0.25, 0.3) is 0 Å². The van der Waals surface area contributed by atoms with Gasteiger partial charge in [-0.3, -0.25) is 0 Å². The minimum absolute atomic E-state index is 0. The molecule has 0 amide bonds. The molecule has 3 aliphatic heterocycles. The molecule has 0 aliphatic carbocycles. The van der Waals surface area contributed by atoms with E-state index in [9.17, 15) is 0 Å². The summed E-state index contributed by atoms with van der Waals surface area (Å²) in [6, 6.07) is 139. The summed E-state index contributed by atoms with van der Waals surface area (Å²) in [5.74, 6) is 3.81. The number of para-hydroxylation sites is 4. The van der Waals surface area contributed by atoms with Crippen molar-refractivity contribution >= 4 is 147 Å². The van der Waals surface area contributed by atoms with Crippen molar-refractivity contribution in [2.24, 2.45) is 0 Å². The Labute approximate surface area is 605 Å². The van der Waals surface area contributed by atoms with E-state index in [1.807, 2.05) is 0 Å². The van der Waals surface area contributed by atoms with Crippen LogP contribution >= 0.6 is 31.9 Å². The highest BCUT2D eigenvalue weighted by Crippen LogP contribution is 2.38. The molecule has 0 aromatic heterocycles. The van der Waals surface area contributed by atoms with Gasteiger partial charge in [0.05, 0.1) is 8.95 Å². The van der Waals surface area contributed by atoms with Crippen molar-refractivity contribution < 1.29 is 14.2 Å². The summed E-state index contributed by atoms with van der Waals surface area (Å²) in [5, 5.41) is 20.9. The molecular formula is C90H78Br2O3Si4. The highest BCUT2D eigenvalue weighted by molar-refractivity contribution is 9.11. The lowest BCUT2D eigenvalue weighted by molar-refractivity contribution is 0.198. The Morgan fingerprint density at radius 1 is 0.232 bits per heavy atom. The number of rotatable bonds is 12. The van der Waals surface area contributed by atoms with Gasteiger partial charge in [-0.25, -0.2) is 0 Å². The van der Waals surface area contributed by atoms with Crippen LogP contribution in [-0.4, -0.2) is 45.5 Å². The Balaban J connectivity index is 0.000000208. The van der Waals surface area contributed by atoms with E-state index in [4.69, 9.17) is 14.2 Å². The number of ether oxygens (including phenoxy) is 3. The van der Waals surface area contributed by atoms with E-state index in [1.165, 1.54) is 95.8 Å². The number of hydrogen-bond donors (Lipinski definition) is 0. The van der Waals surface area contributed by atoms with Crippen LogP contribution in [0.1, 0.15) is 27.7 Å².